The molecule has 0 atom stereocenters. The zero-order valence-corrected chi connectivity index (χ0v) is 7.84. The van der Waals surface area contributed by atoms with Gasteiger partial charge in [-0.3, -0.25) is 0 Å². The third-order valence-corrected chi connectivity index (χ3v) is 1.42. The Morgan fingerprint density at radius 3 is 1.56 bits per heavy atom. The Morgan fingerprint density at radius 1 is 1.44 bits per heavy atom. The second-order valence-corrected chi connectivity index (χ2v) is 3.07. The maximum Gasteiger partial charge on any atom is 1.00 e. The van der Waals surface area contributed by atoms with Crippen LogP contribution in [0.2, 0.25) is 0 Å². The van der Waals surface area contributed by atoms with E-state index in [0.29, 0.717) is 6.92 Å². The van der Waals surface area contributed by atoms with Crippen LogP contribution in [0.3, 0.4) is 0 Å². The molecule has 0 radical (unpaired) electrons. The number of hydrogen-bond donors (Lipinski definition) is 2. The quantitative estimate of drug-likeness (QED) is 0.230. The van der Waals surface area contributed by atoms with Gasteiger partial charge in [-0.1, -0.05) is 0 Å². The van der Waals surface area contributed by atoms with E-state index in [2.05, 4.69) is 0 Å². The van der Waals surface area contributed by atoms with Crippen LogP contribution in [0, 0.1) is 0 Å². The van der Waals surface area contributed by atoms with Crippen LogP contribution in [0.25, 0.3) is 0 Å². The molecule has 0 fully saturated rings. The third-order valence-electron chi connectivity index (χ3n) is 0.474. The maximum atomic E-state index is 9.60. The van der Waals surface area contributed by atoms with E-state index in [0.717, 1.165) is 0 Å². The zero-order chi connectivity index (χ0) is 7.00. The van der Waals surface area contributed by atoms with Crippen molar-refractivity contribution in [1.82, 2.24) is 0 Å². The van der Waals surface area contributed by atoms with Crippen molar-refractivity contribution in [2.24, 2.45) is 0 Å². The van der Waals surface area contributed by atoms with Gasteiger partial charge in [0, 0.05) is 6.92 Å². The van der Waals surface area contributed by atoms with Gasteiger partial charge in [-0.15, -0.1) is 0 Å². The summed E-state index contributed by atoms with van der Waals surface area (Å²) in [6.07, 6.45) is 0. The Morgan fingerprint density at radius 2 is 1.56 bits per heavy atom. The van der Waals surface area contributed by atoms with Crippen LogP contribution in [-0.4, -0.2) is 28.3 Å². The molecule has 0 spiro atoms. The maximum absolute atomic E-state index is 9.60. The van der Waals surface area contributed by atoms with Gasteiger partial charge < -0.3 is 14.8 Å². The van der Waals surface area contributed by atoms with Crippen molar-refractivity contribution in [1.29, 1.82) is 0 Å². The molecule has 0 rings (SSSR count). The average Bonchev–Trinajstić information content (AvgIpc) is 1.25. The minimum Gasteiger partial charge on any atom is -0.744 e. The molecule has 2 N–H and O–H groups in total. The van der Waals surface area contributed by atoms with E-state index in [-0.39, 0.29) is 29.6 Å². The van der Waals surface area contributed by atoms with E-state index in [1.165, 1.54) is 0 Å². The van der Waals surface area contributed by atoms with Crippen LogP contribution in [0.1, 0.15) is 6.92 Å². The number of aliphatic hydroxyl groups is 2. The molecule has 9 heavy (non-hydrogen) atoms. The molecule has 0 aliphatic heterocycles. The molecule has 0 amide bonds. The summed E-state index contributed by atoms with van der Waals surface area (Å²) >= 11 is 0. The summed E-state index contributed by atoms with van der Waals surface area (Å²) in [7, 11) is -4.98. The van der Waals surface area contributed by atoms with Gasteiger partial charge in [0.05, 0.1) is 0 Å². The number of hydrogen-bond acceptors (Lipinski definition) is 5. The summed E-state index contributed by atoms with van der Waals surface area (Å²) in [4.78, 5) is 0. The van der Waals surface area contributed by atoms with Gasteiger partial charge >= 0.3 is 29.6 Å². The van der Waals surface area contributed by atoms with E-state index in [9.17, 15) is 13.0 Å². The Kier molecular flexibility index (Phi) is 4.57. The monoisotopic (exact) mass is 164 g/mol. The molecule has 5 nitrogen and oxygen atoms in total. The van der Waals surface area contributed by atoms with Gasteiger partial charge in [0.1, 0.15) is 0 Å². The number of rotatable bonds is 1. The molecule has 0 aromatic heterocycles. The Bertz CT molecular complexity index is 164. The van der Waals surface area contributed by atoms with Crippen molar-refractivity contribution in [2.75, 3.05) is 0 Å². The van der Waals surface area contributed by atoms with Crippen molar-refractivity contribution < 1.29 is 52.7 Å². The van der Waals surface area contributed by atoms with Gasteiger partial charge in [-0.2, -0.15) is 0 Å². The van der Waals surface area contributed by atoms with Gasteiger partial charge in [-0.25, -0.2) is 8.42 Å². The average molecular weight is 164 g/mol. The molecule has 50 valence electrons. The van der Waals surface area contributed by atoms with E-state index in [1.54, 1.807) is 0 Å². The molecule has 0 saturated heterocycles. The molecular weight excluding hydrogens is 159 g/mol. The van der Waals surface area contributed by atoms with Crippen molar-refractivity contribution in [3.05, 3.63) is 0 Å². The Labute approximate surface area is 74.7 Å². The van der Waals surface area contributed by atoms with Gasteiger partial charge in [0.15, 0.2) is 10.1 Å². The fourth-order valence-electron chi connectivity index (χ4n) is 0. The predicted molar refractivity (Wildman–Crippen MR) is 22.5 cm³/mol. The minimum atomic E-state index is -4.98. The van der Waals surface area contributed by atoms with Crippen LogP contribution >= 0.6 is 0 Å². The molecule has 0 aromatic rings. The smallest absolute Gasteiger partial charge is 0.744 e. The van der Waals surface area contributed by atoms with Crippen LogP contribution in [-0.2, 0) is 10.1 Å². The summed E-state index contributed by atoms with van der Waals surface area (Å²) in [5, 5.41) is 12.9. The molecular formula is C2H5NaO5S. The SMILES string of the molecule is CC(O)(O)S(=O)(=O)[O-].[Na+]. The standard InChI is InChI=1S/C2H6O5S.Na/c1-2(3,4)8(5,6)7;/h3-4H,1H3,(H,5,6,7);/q;+1/p-1. The van der Waals surface area contributed by atoms with E-state index >= 15 is 0 Å². The molecule has 0 aliphatic carbocycles. The first-order valence-corrected chi connectivity index (χ1v) is 3.06. The van der Waals surface area contributed by atoms with E-state index in [1.807, 2.05) is 0 Å². The second kappa shape index (κ2) is 3.29. The van der Waals surface area contributed by atoms with Crippen molar-refractivity contribution in [3.63, 3.8) is 0 Å². The molecule has 0 unspecified atom stereocenters. The molecule has 7 heteroatoms. The van der Waals surface area contributed by atoms with Crippen LogP contribution < -0.4 is 29.6 Å². The van der Waals surface area contributed by atoms with Crippen molar-refractivity contribution in [3.8, 4) is 0 Å². The summed E-state index contributed by atoms with van der Waals surface area (Å²) in [5.41, 5.74) is 0. The van der Waals surface area contributed by atoms with Gasteiger partial charge in [-0.05, 0) is 0 Å². The van der Waals surface area contributed by atoms with Gasteiger partial charge in [0.2, 0.25) is 0 Å². The van der Waals surface area contributed by atoms with E-state index in [4.69, 9.17) is 10.2 Å². The second-order valence-electron chi connectivity index (χ2n) is 1.39. The molecule has 0 saturated carbocycles. The topological polar surface area (TPSA) is 97.7 Å². The summed E-state index contributed by atoms with van der Waals surface area (Å²) < 4.78 is 28.8. The van der Waals surface area contributed by atoms with Crippen molar-refractivity contribution >= 4 is 10.1 Å². The normalized spacial score (nSPS) is 12.4. The van der Waals surface area contributed by atoms with Crippen LogP contribution in [0.5, 0.6) is 0 Å². The van der Waals surface area contributed by atoms with Gasteiger partial charge in [0.25, 0.3) is 5.12 Å². The zero-order valence-electron chi connectivity index (χ0n) is 5.03. The minimum absolute atomic E-state index is 0. The van der Waals surface area contributed by atoms with Crippen LogP contribution in [0.4, 0.5) is 0 Å². The summed E-state index contributed by atoms with van der Waals surface area (Å²) in [6, 6.07) is 0. The Hall–Kier alpha value is 0.830. The summed E-state index contributed by atoms with van der Waals surface area (Å²) in [5.74, 6) is 0. The molecule has 0 aromatic carbocycles. The Balaban J connectivity index is 0. The first-order chi connectivity index (χ1) is 3.25. The van der Waals surface area contributed by atoms with Crippen LogP contribution in [0.15, 0.2) is 0 Å². The van der Waals surface area contributed by atoms with Crippen molar-refractivity contribution in [2.45, 2.75) is 12.0 Å². The van der Waals surface area contributed by atoms with E-state index < -0.39 is 15.2 Å². The fraction of sp³-hybridized carbons (Fsp3) is 1.00. The molecule has 0 aliphatic rings. The fourth-order valence-corrected chi connectivity index (χ4v) is 0. The predicted octanol–water partition coefficient (Wildman–Crippen LogP) is -4.81. The first kappa shape index (κ1) is 12.5. The third kappa shape index (κ3) is 4.26. The molecule has 0 bridgehead atoms. The molecule has 0 heterocycles. The summed E-state index contributed by atoms with van der Waals surface area (Å²) in [6.45, 7) is 0.481. The first-order valence-electron chi connectivity index (χ1n) is 1.65. The largest absolute Gasteiger partial charge is 1.00 e.